The smallest absolute Gasteiger partial charge is 0.410 e. The number of nitriles is 1. The number of hydrogen-bond acceptors (Lipinski definition) is 3. The van der Waals surface area contributed by atoms with E-state index in [1.165, 1.54) is 17.0 Å². The van der Waals surface area contributed by atoms with Crippen molar-refractivity contribution in [2.75, 3.05) is 0 Å². The molecule has 2 aromatic carbocycles. The molecule has 0 heterocycles. The predicted octanol–water partition coefficient (Wildman–Crippen LogP) is 4.63. The summed E-state index contributed by atoms with van der Waals surface area (Å²) in [5.41, 5.74) is 1.47. The van der Waals surface area contributed by atoms with Gasteiger partial charge >= 0.3 is 6.09 Å². The molecule has 0 aliphatic heterocycles. The summed E-state index contributed by atoms with van der Waals surface area (Å²) in [6.07, 6.45) is -0.471. The average Bonchev–Trinajstić information content (AvgIpc) is 2.53. The van der Waals surface area contributed by atoms with E-state index in [1.54, 1.807) is 57.2 Å². The van der Waals surface area contributed by atoms with Crippen LogP contribution in [0, 0.1) is 17.1 Å². The number of nitrogens with zero attached hydrogens (tertiary/aromatic N) is 2. The molecule has 0 saturated carbocycles. The van der Waals surface area contributed by atoms with Crippen LogP contribution in [-0.4, -0.2) is 16.6 Å². The van der Waals surface area contributed by atoms with Crippen molar-refractivity contribution in [3.63, 3.8) is 0 Å². The minimum Gasteiger partial charge on any atom is -0.444 e. The molecule has 2 aromatic rings. The van der Waals surface area contributed by atoms with Crippen LogP contribution in [0.5, 0.6) is 0 Å². The van der Waals surface area contributed by atoms with Crippen LogP contribution in [0.25, 0.3) is 0 Å². The molecule has 0 radical (unpaired) electrons. The van der Waals surface area contributed by atoms with Crippen molar-refractivity contribution >= 4 is 6.09 Å². The summed E-state index contributed by atoms with van der Waals surface area (Å²) in [4.78, 5) is 14.0. The Labute approximate surface area is 147 Å². The molecule has 0 aliphatic carbocycles. The number of halogens is 1. The predicted molar refractivity (Wildman–Crippen MR) is 93.0 cm³/mol. The van der Waals surface area contributed by atoms with Gasteiger partial charge in [0.05, 0.1) is 11.6 Å². The lowest BCUT2D eigenvalue weighted by Gasteiger charge is -2.27. The maximum absolute atomic E-state index is 13.4. The van der Waals surface area contributed by atoms with Crippen LogP contribution in [0.1, 0.15) is 37.5 Å². The molecule has 25 heavy (non-hydrogen) atoms. The van der Waals surface area contributed by atoms with Crippen molar-refractivity contribution in [3.8, 4) is 6.07 Å². The minimum absolute atomic E-state index is 0.229. The highest BCUT2D eigenvalue weighted by molar-refractivity contribution is 5.68. The Kier molecular flexibility index (Phi) is 5.76. The van der Waals surface area contributed by atoms with Crippen LogP contribution >= 0.6 is 0 Å². The van der Waals surface area contributed by atoms with E-state index in [1.807, 2.05) is 0 Å². The zero-order chi connectivity index (χ0) is 18.4. The molecule has 0 fully saturated rings. The standard InChI is InChI=1S/C20H21FN2O2/c1-20(2,3)25-19(24)23(14-17-5-4-6-18(21)11-17)13-16-9-7-15(12-22)8-10-16/h4-11H,13-14H2,1-3H3. The number of ether oxygens (including phenoxy) is 1. The van der Waals surface area contributed by atoms with Crippen LogP contribution in [0.4, 0.5) is 9.18 Å². The number of carbonyl (C=O) groups is 1. The lowest BCUT2D eigenvalue weighted by atomic mass is 10.1. The summed E-state index contributed by atoms with van der Waals surface area (Å²) in [6, 6.07) is 15.2. The number of carbonyl (C=O) groups excluding carboxylic acids is 1. The highest BCUT2D eigenvalue weighted by Crippen LogP contribution is 2.16. The molecule has 0 saturated heterocycles. The molecule has 0 atom stereocenters. The van der Waals surface area contributed by atoms with Crippen molar-refractivity contribution in [1.82, 2.24) is 4.90 Å². The van der Waals surface area contributed by atoms with Gasteiger partial charge in [-0.1, -0.05) is 24.3 Å². The summed E-state index contributed by atoms with van der Waals surface area (Å²) in [5.74, 6) is -0.347. The molecule has 0 bridgehead atoms. The largest absolute Gasteiger partial charge is 0.444 e. The van der Waals surface area contributed by atoms with Crippen LogP contribution in [-0.2, 0) is 17.8 Å². The first-order valence-corrected chi connectivity index (χ1v) is 7.98. The van der Waals surface area contributed by atoms with Crippen molar-refractivity contribution in [2.24, 2.45) is 0 Å². The molecular formula is C20H21FN2O2. The first-order chi connectivity index (χ1) is 11.8. The molecule has 1 amide bonds. The van der Waals surface area contributed by atoms with Crippen LogP contribution in [0.2, 0.25) is 0 Å². The van der Waals surface area contributed by atoms with E-state index in [9.17, 15) is 9.18 Å². The van der Waals surface area contributed by atoms with E-state index in [0.717, 1.165) is 5.56 Å². The lowest BCUT2D eigenvalue weighted by Crippen LogP contribution is -2.36. The van der Waals surface area contributed by atoms with Crippen molar-refractivity contribution in [2.45, 2.75) is 39.5 Å². The number of rotatable bonds is 4. The van der Waals surface area contributed by atoms with Gasteiger partial charge in [-0.25, -0.2) is 9.18 Å². The van der Waals surface area contributed by atoms with E-state index < -0.39 is 11.7 Å². The Bertz CT molecular complexity index is 774. The summed E-state index contributed by atoms with van der Waals surface area (Å²) < 4.78 is 18.9. The molecule has 130 valence electrons. The van der Waals surface area contributed by atoms with E-state index in [4.69, 9.17) is 10.00 Å². The lowest BCUT2D eigenvalue weighted by molar-refractivity contribution is 0.0216. The van der Waals surface area contributed by atoms with Crippen molar-refractivity contribution < 1.29 is 13.9 Å². The van der Waals surface area contributed by atoms with Gasteiger partial charge in [-0.15, -0.1) is 0 Å². The molecule has 5 heteroatoms. The van der Waals surface area contributed by atoms with Crippen molar-refractivity contribution in [1.29, 1.82) is 5.26 Å². The SMILES string of the molecule is CC(C)(C)OC(=O)N(Cc1ccc(C#N)cc1)Cc1cccc(F)c1. The second kappa shape index (κ2) is 7.80. The third kappa shape index (κ3) is 5.92. The molecular weight excluding hydrogens is 319 g/mol. The second-order valence-corrected chi connectivity index (χ2v) is 6.78. The van der Waals surface area contributed by atoms with Crippen LogP contribution < -0.4 is 0 Å². The van der Waals surface area contributed by atoms with E-state index >= 15 is 0 Å². The fraction of sp³-hybridized carbons (Fsp3) is 0.300. The van der Waals surface area contributed by atoms with E-state index in [-0.39, 0.29) is 12.4 Å². The third-order valence-electron chi connectivity index (χ3n) is 3.37. The fourth-order valence-electron chi connectivity index (χ4n) is 2.27. The van der Waals surface area contributed by atoms with Gasteiger partial charge < -0.3 is 4.74 Å². The topological polar surface area (TPSA) is 53.3 Å². The van der Waals surface area contributed by atoms with Gasteiger partial charge in [0, 0.05) is 13.1 Å². The molecule has 0 N–H and O–H groups in total. The molecule has 2 rings (SSSR count). The zero-order valence-corrected chi connectivity index (χ0v) is 14.6. The minimum atomic E-state index is -0.623. The van der Waals surface area contributed by atoms with E-state index in [2.05, 4.69) is 6.07 Å². The highest BCUT2D eigenvalue weighted by atomic mass is 19.1. The number of hydrogen-bond donors (Lipinski definition) is 0. The van der Waals surface area contributed by atoms with Gasteiger partial charge in [-0.05, 0) is 56.2 Å². The Morgan fingerprint density at radius 3 is 2.32 bits per heavy atom. The Morgan fingerprint density at radius 2 is 1.76 bits per heavy atom. The third-order valence-corrected chi connectivity index (χ3v) is 3.37. The van der Waals surface area contributed by atoms with Gasteiger partial charge in [0.2, 0.25) is 0 Å². The van der Waals surface area contributed by atoms with Gasteiger partial charge in [0.1, 0.15) is 11.4 Å². The van der Waals surface area contributed by atoms with Crippen LogP contribution in [0.15, 0.2) is 48.5 Å². The van der Waals surface area contributed by atoms with Gasteiger partial charge in [0.25, 0.3) is 0 Å². The maximum Gasteiger partial charge on any atom is 0.410 e. The van der Waals surface area contributed by atoms with Gasteiger partial charge in [-0.3, -0.25) is 4.90 Å². The van der Waals surface area contributed by atoms with Crippen molar-refractivity contribution in [3.05, 3.63) is 71.0 Å². The van der Waals surface area contributed by atoms with Gasteiger partial charge in [0.15, 0.2) is 0 Å². The molecule has 0 spiro atoms. The summed E-state index contributed by atoms with van der Waals surface area (Å²) in [5, 5.41) is 8.88. The monoisotopic (exact) mass is 340 g/mol. The first-order valence-electron chi connectivity index (χ1n) is 7.98. The maximum atomic E-state index is 13.4. The summed E-state index contributed by atoms with van der Waals surface area (Å²) >= 11 is 0. The average molecular weight is 340 g/mol. The van der Waals surface area contributed by atoms with Gasteiger partial charge in [-0.2, -0.15) is 5.26 Å². The van der Waals surface area contributed by atoms with Crippen LogP contribution in [0.3, 0.4) is 0 Å². The summed E-state index contributed by atoms with van der Waals surface area (Å²) in [6.45, 7) is 5.93. The Morgan fingerprint density at radius 1 is 1.12 bits per heavy atom. The first kappa shape index (κ1) is 18.5. The normalized spacial score (nSPS) is 10.8. The summed E-state index contributed by atoms with van der Waals surface area (Å²) in [7, 11) is 0. The number of amides is 1. The fourth-order valence-corrected chi connectivity index (χ4v) is 2.27. The molecule has 4 nitrogen and oxygen atoms in total. The van der Waals surface area contributed by atoms with E-state index in [0.29, 0.717) is 17.7 Å². The number of benzene rings is 2. The molecule has 0 unspecified atom stereocenters. The highest BCUT2D eigenvalue weighted by Gasteiger charge is 2.22. The Hall–Kier alpha value is -2.87. The zero-order valence-electron chi connectivity index (χ0n) is 14.6. The quantitative estimate of drug-likeness (QED) is 0.815. The molecule has 0 aliphatic rings. The Balaban J connectivity index is 2.21. The second-order valence-electron chi connectivity index (χ2n) is 6.78. The molecule has 0 aromatic heterocycles.